The number of rotatable bonds is 6. The fraction of sp³-hybridized carbons (Fsp3) is 0.115. The van der Waals surface area contributed by atoms with E-state index in [0.717, 1.165) is 29.0 Å². The Balaban J connectivity index is 0.000000215. The number of nitrogens with zero attached hydrogens (tertiary/aromatic N) is 1. The number of carbonyl (C=O) groups is 1. The van der Waals surface area contributed by atoms with Crippen LogP contribution in [0.2, 0.25) is 0 Å². The summed E-state index contributed by atoms with van der Waals surface area (Å²) in [5.74, 6) is 5.09. The van der Waals surface area contributed by atoms with Crippen molar-refractivity contribution in [3.8, 4) is 11.8 Å². The number of carbonyl (C=O) groups excluding carboxylic acids is 1. The molecule has 6 nitrogen and oxygen atoms in total. The molecule has 166 valence electrons. The molecule has 2 aromatic carbocycles. The molecule has 0 spiro atoms. The molecule has 2 aromatic heterocycles. The van der Waals surface area contributed by atoms with E-state index in [-0.39, 0.29) is 5.91 Å². The maximum atomic E-state index is 11.7. The van der Waals surface area contributed by atoms with Crippen LogP contribution >= 0.6 is 12.2 Å². The van der Waals surface area contributed by atoms with Gasteiger partial charge in [-0.2, -0.15) is 0 Å². The van der Waals surface area contributed by atoms with Crippen LogP contribution in [0.1, 0.15) is 16.7 Å². The van der Waals surface area contributed by atoms with Gasteiger partial charge in [-0.25, -0.2) is 4.98 Å². The number of aromatic amines is 1. The summed E-state index contributed by atoms with van der Waals surface area (Å²) in [5.41, 5.74) is 6.38. The average molecular weight is 456 g/mol. The number of aromatic nitrogens is 2. The number of anilines is 1. The third-order valence-electron chi connectivity index (χ3n) is 4.62. The molecule has 0 saturated carbocycles. The van der Waals surface area contributed by atoms with Gasteiger partial charge in [-0.1, -0.05) is 48.5 Å². The fourth-order valence-corrected chi connectivity index (χ4v) is 3.21. The van der Waals surface area contributed by atoms with Gasteiger partial charge in [0.1, 0.15) is 5.65 Å². The lowest BCUT2D eigenvalue weighted by atomic mass is 10.2. The summed E-state index contributed by atoms with van der Waals surface area (Å²) in [5, 5.41) is 10.0. The van der Waals surface area contributed by atoms with E-state index < -0.39 is 0 Å². The number of hydrogen-bond acceptors (Lipinski definition) is 4. The van der Waals surface area contributed by atoms with Gasteiger partial charge < -0.3 is 20.9 Å². The Bertz CT molecular complexity index is 1260. The van der Waals surface area contributed by atoms with Gasteiger partial charge in [-0.15, -0.1) is 0 Å². The molecule has 7 heteroatoms. The zero-order chi connectivity index (χ0) is 23.3. The monoisotopic (exact) mass is 455 g/mol. The Morgan fingerprint density at radius 1 is 1.09 bits per heavy atom. The minimum absolute atomic E-state index is 0.299. The first-order chi connectivity index (χ1) is 16.2. The molecule has 0 aliphatic heterocycles. The number of fused-ring (bicyclic) bond motifs is 1. The van der Waals surface area contributed by atoms with E-state index in [0.29, 0.717) is 6.54 Å². The first kappa shape index (κ1) is 23.7. The van der Waals surface area contributed by atoms with Gasteiger partial charge in [0.25, 0.3) is 5.91 Å². The molecule has 0 unspecified atom stereocenters. The van der Waals surface area contributed by atoms with Crippen molar-refractivity contribution in [2.45, 2.75) is 13.1 Å². The summed E-state index contributed by atoms with van der Waals surface area (Å²) in [7, 11) is 1.94. The van der Waals surface area contributed by atoms with Crippen LogP contribution in [0.15, 0.2) is 79.1 Å². The molecule has 2 heterocycles. The van der Waals surface area contributed by atoms with E-state index in [9.17, 15) is 4.79 Å². The van der Waals surface area contributed by atoms with Crippen LogP contribution in [0.4, 0.5) is 5.69 Å². The number of pyridine rings is 1. The summed E-state index contributed by atoms with van der Waals surface area (Å²) < 4.78 is 0. The number of benzene rings is 2. The molecular weight excluding hydrogens is 430 g/mol. The van der Waals surface area contributed by atoms with Gasteiger partial charge in [0.15, 0.2) is 0 Å². The van der Waals surface area contributed by atoms with Gasteiger partial charge in [-0.3, -0.25) is 4.79 Å². The molecule has 0 radical (unpaired) electrons. The number of H-pyrrole nitrogens is 1. The van der Waals surface area contributed by atoms with Crippen LogP contribution < -0.4 is 16.0 Å². The summed E-state index contributed by atoms with van der Waals surface area (Å²) >= 11 is 4.74. The number of amides is 1. The second kappa shape index (κ2) is 12.8. The van der Waals surface area contributed by atoms with E-state index in [1.165, 1.54) is 16.4 Å². The third-order valence-corrected chi connectivity index (χ3v) is 4.74. The Kier molecular flexibility index (Phi) is 9.16. The largest absolute Gasteiger partial charge is 0.353 e. The van der Waals surface area contributed by atoms with Gasteiger partial charge in [0.05, 0.1) is 5.49 Å². The lowest BCUT2D eigenvalue weighted by molar-refractivity contribution is -0.115. The van der Waals surface area contributed by atoms with Crippen molar-refractivity contribution in [2.24, 2.45) is 0 Å². The third kappa shape index (κ3) is 7.58. The minimum Gasteiger partial charge on any atom is -0.353 e. The van der Waals surface area contributed by atoms with Gasteiger partial charge in [0, 0.05) is 48.0 Å². The predicted molar refractivity (Wildman–Crippen MR) is 138 cm³/mol. The first-order valence-corrected chi connectivity index (χ1v) is 10.9. The van der Waals surface area contributed by atoms with Gasteiger partial charge >= 0.3 is 0 Å². The first-order valence-electron chi connectivity index (χ1n) is 10.4. The summed E-state index contributed by atoms with van der Waals surface area (Å²) in [6.07, 6.45) is 3.74. The van der Waals surface area contributed by atoms with Crippen molar-refractivity contribution in [3.05, 3.63) is 95.8 Å². The van der Waals surface area contributed by atoms with Crippen LogP contribution in [0.5, 0.6) is 0 Å². The molecular formula is C26H25N5OS. The van der Waals surface area contributed by atoms with Crippen molar-refractivity contribution in [1.29, 1.82) is 0 Å². The second-order valence-electron chi connectivity index (χ2n) is 7.00. The van der Waals surface area contributed by atoms with Crippen molar-refractivity contribution < 1.29 is 4.79 Å². The maximum absolute atomic E-state index is 11.7. The summed E-state index contributed by atoms with van der Waals surface area (Å²) in [6, 6.07) is 21.2. The molecule has 4 N–H and O–H groups in total. The summed E-state index contributed by atoms with van der Waals surface area (Å²) in [4.78, 5) is 19.0. The number of thiocarbonyl (C=S) groups is 1. The normalized spacial score (nSPS) is 9.73. The standard InChI is InChI=1S/C17H14N2OS.C9H11N3/c20-17(10-9-14-5-2-1-3-6-14)18-12-15-7-4-8-16(11-15)19-13-21;1-10-6-7-2-4-11-9-8(7)3-5-12-9/h1-8,11,13H,12H2,(H,18,20)(H,19,21);2-5,10H,6H2,1H3,(H,11,12). The minimum atomic E-state index is -0.299. The topological polar surface area (TPSA) is 81.8 Å². The Hall–Kier alpha value is -3.99. The highest BCUT2D eigenvalue weighted by Crippen LogP contribution is 2.14. The van der Waals surface area contributed by atoms with E-state index >= 15 is 0 Å². The highest BCUT2D eigenvalue weighted by molar-refractivity contribution is 7.79. The second-order valence-corrected chi connectivity index (χ2v) is 7.24. The molecule has 1 amide bonds. The van der Waals surface area contributed by atoms with E-state index in [1.54, 1.807) is 0 Å². The lowest BCUT2D eigenvalue weighted by Gasteiger charge is -2.04. The van der Waals surface area contributed by atoms with Crippen molar-refractivity contribution in [2.75, 3.05) is 12.4 Å². The van der Waals surface area contributed by atoms with Crippen molar-refractivity contribution in [3.63, 3.8) is 0 Å². The number of nitrogens with one attached hydrogen (secondary N) is 4. The predicted octanol–water partition coefficient (Wildman–Crippen LogP) is 4.01. The molecule has 33 heavy (non-hydrogen) atoms. The SMILES string of the molecule is CNCc1ccnc2[nH]ccc12.O=C(C#Cc1ccccc1)NCc1cccc(NC=S)c1. The van der Waals surface area contributed by atoms with E-state index in [4.69, 9.17) is 12.2 Å². The Labute approximate surface area is 198 Å². The Morgan fingerprint density at radius 3 is 2.73 bits per heavy atom. The van der Waals surface area contributed by atoms with E-state index in [1.807, 2.05) is 80.1 Å². The highest BCUT2D eigenvalue weighted by Gasteiger charge is 2.00. The van der Waals surface area contributed by atoms with Crippen LogP contribution in [0, 0.1) is 11.8 Å². The molecule has 0 bridgehead atoms. The molecule has 4 aromatic rings. The van der Waals surface area contributed by atoms with Gasteiger partial charge in [-0.05, 0) is 54.6 Å². The molecule has 0 aliphatic carbocycles. The fourth-order valence-electron chi connectivity index (χ4n) is 3.08. The van der Waals surface area contributed by atoms with Crippen LogP contribution in [0.25, 0.3) is 11.0 Å². The van der Waals surface area contributed by atoms with E-state index in [2.05, 4.69) is 43.8 Å². The molecule has 0 fully saturated rings. The molecule has 4 rings (SSSR count). The quantitative estimate of drug-likeness (QED) is 0.261. The summed E-state index contributed by atoms with van der Waals surface area (Å²) in [6.45, 7) is 1.31. The van der Waals surface area contributed by atoms with Crippen LogP contribution in [-0.2, 0) is 17.9 Å². The maximum Gasteiger partial charge on any atom is 0.296 e. The zero-order valence-electron chi connectivity index (χ0n) is 18.3. The molecule has 0 aliphatic rings. The van der Waals surface area contributed by atoms with Crippen molar-refractivity contribution in [1.82, 2.24) is 20.6 Å². The van der Waals surface area contributed by atoms with Crippen LogP contribution in [0.3, 0.4) is 0 Å². The lowest BCUT2D eigenvalue weighted by Crippen LogP contribution is -2.20. The van der Waals surface area contributed by atoms with Crippen molar-refractivity contribution >= 4 is 40.3 Å². The Morgan fingerprint density at radius 2 is 1.94 bits per heavy atom. The zero-order valence-corrected chi connectivity index (χ0v) is 19.1. The molecule has 0 saturated heterocycles. The average Bonchev–Trinajstić information content (AvgIpc) is 3.33. The highest BCUT2D eigenvalue weighted by atomic mass is 32.1. The number of hydrogen-bond donors (Lipinski definition) is 4. The van der Waals surface area contributed by atoms with Gasteiger partial charge in [0.2, 0.25) is 0 Å². The molecule has 0 atom stereocenters. The van der Waals surface area contributed by atoms with Crippen LogP contribution in [-0.4, -0.2) is 28.4 Å². The smallest absolute Gasteiger partial charge is 0.296 e.